The van der Waals surface area contributed by atoms with Crippen LogP contribution >= 0.6 is 0 Å². The van der Waals surface area contributed by atoms with E-state index in [4.69, 9.17) is 9.47 Å². The number of nitrogens with one attached hydrogen (secondary N) is 1. The molecule has 33 heavy (non-hydrogen) atoms. The molecule has 3 aromatic carbocycles. The van der Waals surface area contributed by atoms with Crippen LogP contribution in [-0.2, 0) is 21.4 Å². The molecule has 172 valence electrons. The zero-order chi connectivity index (χ0) is 23.7. The van der Waals surface area contributed by atoms with E-state index in [-0.39, 0.29) is 11.4 Å². The number of sulfonamides is 1. The van der Waals surface area contributed by atoms with E-state index in [9.17, 15) is 13.2 Å². The predicted molar refractivity (Wildman–Crippen MR) is 126 cm³/mol. The molecule has 1 amide bonds. The van der Waals surface area contributed by atoms with Crippen LogP contribution in [0.4, 0.5) is 0 Å². The Balaban J connectivity index is 1.74. The van der Waals surface area contributed by atoms with Crippen LogP contribution in [0.3, 0.4) is 0 Å². The normalized spacial score (nSPS) is 11.5. The van der Waals surface area contributed by atoms with Crippen molar-refractivity contribution in [2.75, 3.05) is 20.8 Å². The zero-order valence-corrected chi connectivity index (χ0v) is 19.2. The van der Waals surface area contributed by atoms with Crippen LogP contribution in [0.2, 0.25) is 0 Å². The molecule has 0 fully saturated rings. The van der Waals surface area contributed by atoms with Gasteiger partial charge in [-0.25, -0.2) is 13.8 Å². The van der Waals surface area contributed by atoms with E-state index in [0.717, 1.165) is 9.87 Å². The number of hydrazone groups is 1. The van der Waals surface area contributed by atoms with Crippen LogP contribution in [0.5, 0.6) is 11.5 Å². The highest BCUT2D eigenvalue weighted by Crippen LogP contribution is 2.26. The summed E-state index contributed by atoms with van der Waals surface area (Å²) in [5.41, 5.74) is 3.82. The number of hydrogen-bond donors (Lipinski definition) is 1. The van der Waals surface area contributed by atoms with Crippen LogP contribution < -0.4 is 14.9 Å². The molecule has 0 aromatic heterocycles. The van der Waals surface area contributed by atoms with E-state index in [2.05, 4.69) is 10.5 Å². The first-order valence-electron chi connectivity index (χ1n) is 10.1. The molecule has 8 nitrogen and oxygen atoms in total. The highest BCUT2D eigenvalue weighted by atomic mass is 32.2. The van der Waals surface area contributed by atoms with Gasteiger partial charge in [0.25, 0.3) is 5.91 Å². The maximum atomic E-state index is 13.2. The van der Waals surface area contributed by atoms with Gasteiger partial charge in [-0.1, -0.05) is 48.5 Å². The Bertz CT molecular complexity index is 1200. The molecule has 3 aromatic rings. The molecular weight excluding hydrogens is 442 g/mol. The van der Waals surface area contributed by atoms with E-state index in [1.807, 2.05) is 18.2 Å². The Kier molecular flexibility index (Phi) is 8.17. The number of rotatable bonds is 10. The number of carbonyl (C=O) groups is 1. The average molecular weight is 468 g/mol. The average Bonchev–Trinajstić information content (AvgIpc) is 2.84. The van der Waals surface area contributed by atoms with Gasteiger partial charge in [-0.15, -0.1) is 0 Å². The molecule has 0 bridgehead atoms. The quantitative estimate of drug-likeness (QED) is 0.365. The summed E-state index contributed by atoms with van der Waals surface area (Å²) in [5, 5.41) is 3.94. The second-order valence-electron chi connectivity index (χ2n) is 6.98. The van der Waals surface area contributed by atoms with Gasteiger partial charge in [-0.05, 0) is 41.5 Å². The largest absolute Gasteiger partial charge is 0.493 e. The molecule has 9 heteroatoms. The van der Waals surface area contributed by atoms with Crippen LogP contribution in [-0.4, -0.2) is 45.6 Å². The van der Waals surface area contributed by atoms with Gasteiger partial charge in [-0.3, -0.25) is 4.79 Å². The first kappa shape index (κ1) is 24.0. The number of methoxy groups -OCH3 is 2. The van der Waals surface area contributed by atoms with E-state index in [0.29, 0.717) is 17.1 Å². The number of benzene rings is 3. The van der Waals surface area contributed by atoms with Gasteiger partial charge in [-0.2, -0.15) is 9.41 Å². The zero-order valence-electron chi connectivity index (χ0n) is 18.3. The number of carbonyl (C=O) groups excluding carboxylic acids is 1. The third kappa shape index (κ3) is 6.41. The minimum absolute atomic E-state index is 0.0465. The van der Waals surface area contributed by atoms with Crippen molar-refractivity contribution in [2.45, 2.75) is 11.4 Å². The molecular formula is C24H25N3O5S. The minimum atomic E-state index is -3.90. The maximum Gasteiger partial charge on any atom is 0.255 e. The topological polar surface area (TPSA) is 97.3 Å². The van der Waals surface area contributed by atoms with Crippen molar-refractivity contribution in [3.63, 3.8) is 0 Å². The summed E-state index contributed by atoms with van der Waals surface area (Å²) in [6.07, 6.45) is 1.44. The predicted octanol–water partition coefficient (Wildman–Crippen LogP) is 3.05. The fourth-order valence-corrected chi connectivity index (χ4v) is 4.47. The first-order chi connectivity index (χ1) is 15.9. The SMILES string of the molecule is COc1ccc(/C=N/NC(=O)CN(Cc2ccccc2)S(=O)(=O)c2ccccc2)cc1OC. The lowest BCUT2D eigenvalue weighted by Gasteiger charge is -2.21. The van der Waals surface area contributed by atoms with Crippen molar-refractivity contribution in [1.29, 1.82) is 0 Å². The van der Waals surface area contributed by atoms with E-state index in [1.54, 1.807) is 48.5 Å². The van der Waals surface area contributed by atoms with Crippen molar-refractivity contribution in [3.8, 4) is 11.5 Å². The highest BCUT2D eigenvalue weighted by Gasteiger charge is 2.26. The molecule has 0 saturated carbocycles. The molecule has 0 heterocycles. The van der Waals surface area contributed by atoms with E-state index >= 15 is 0 Å². The monoisotopic (exact) mass is 467 g/mol. The minimum Gasteiger partial charge on any atom is -0.493 e. The summed E-state index contributed by atoms with van der Waals surface area (Å²) in [6, 6.07) is 22.3. The second kappa shape index (κ2) is 11.3. The van der Waals surface area contributed by atoms with Gasteiger partial charge in [0.05, 0.1) is 31.9 Å². The summed E-state index contributed by atoms with van der Waals surface area (Å²) in [5.74, 6) is 0.527. The van der Waals surface area contributed by atoms with Gasteiger partial charge >= 0.3 is 0 Å². The number of nitrogens with zero attached hydrogens (tertiary/aromatic N) is 2. The Morgan fingerprint density at radius 2 is 1.58 bits per heavy atom. The number of amides is 1. The molecule has 0 radical (unpaired) electrons. The smallest absolute Gasteiger partial charge is 0.255 e. The number of hydrogen-bond acceptors (Lipinski definition) is 6. The van der Waals surface area contributed by atoms with Crippen LogP contribution in [0, 0.1) is 0 Å². The Labute approximate surface area is 193 Å². The van der Waals surface area contributed by atoms with Crippen molar-refractivity contribution >= 4 is 22.1 Å². The molecule has 0 aliphatic rings. The van der Waals surface area contributed by atoms with Gasteiger partial charge in [0.15, 0.2) is 11.5 Å². The van der Waals surface area contributed by atoms with Crippen molar-refractivity contribution in [2.24, 2.45) is 5.10 Å². The Morgan fingerprint density at radius 1 is 0.939 bits per heavy atom. The standard InChI is InChI=1S/C24H25N3O5S/c1-31-22-14-13-20(15-23(22)32-2)16-25-26-24(28)18-27(17-19-9-5-3-6-10-19)33(29,30)21-11-7-4-8-12-21/h3-16H,17-18H2,1-2H3,(H,26,28)/b25-16+. The van der Waals surface area contributed by atoms with Gasteiger partial charge in [0.2, 0.25) is 10.0 Å². The van der Waals surface area contributed by atoms with Crippen LogP contribution in [0.25, 0.3) is 0 Å². The lowest BCUT2D eigenvalue weighted by Crippen LogP contribution is -2.39. The summed E-state index contributed by atoms with van der Waals surface area (Å²) in [7, 11) is -0.837. The van der Waals surface area contributed by atoms with Gasteiger partial charge in [0, 0.05) is 6.54 Å². The van der Waals surface area contributed by atoms with Crippen molar-refractivity contribution < 1.29 is 22.7 Å². The number of ether oxygens (including phenoxy) is 2. The summed E-state index contributed by atoms with van der Waals surface area (Å²) in [4.78, 5) is 12.7. The molecule has 0 aliphatic heterocycles. The molecule has 0 unspecified atom stereocenters. The highest BCUT2D eigenvalue weighted by molar-refractivity contribution is 7.89. The third-order valence-electron chi connectivity index (χ3n) is 4.71. The van der Waals surface area contributed by atoms with Crippen LogP contribution in [0.1, 0.15) is 11.1 Å². The molecule has 0 atom stereocenters. The summed E-state index contributed by atoms with van der Waals surface area (Å²) >= 11 is 0. The Morgan fingerprint density at radius 3 is 2.21 bits per heavy atom. The fourth-order valence-electron chi connectivity index (χ4n) is 3.06. The Hall–Kier alpha value is -3.69. The second-order valence-corrected chi connectivity index (χ2v) is 8.92. The lowest BCUT2D eigenvalue weighted by atomic mass is 10.2. The third-order valence-corrected chi connectivity index (χ3v) is 6.52. The first-order valence-corrected chi connectivity index (χ1v) is 11.5. The van der Waals surface area contributed by atoms with E-state index < -0.39 is 22.5 Å². The van der Waals surface area contributed by atoms with Gasteiger partial charge < -0.3 is 9.47 Å². The fraction of sp³-hybridized carbons (Fsp3) is 0.167. The van der Waals surface area contributed by atoms with Crippen molar-refractivity contribution in [3.05, 3.63) is 90.0 Å². The molecule has 1 N–H and O–H groups in total. The maximum absolute atomic E-state index is 13.2. The molecule has 0 spiro atoms. The summed E-state index contributed by atoms with van der Waals surface area (Å²) in [6.45, 7) is -0.347. The molecule has 3 rings (SSSR count). The van der Waals surface area contributed by atoms with E-state index in [1.165, 1.54) is 32.6 Å². The van der Waals surface area contributed by atoms with Gasteiger partial charge in [0.1, 0.15) is 0 Å². The van der Waals surface area contributed by atoms with Crippen molar-refractivity contribution in [1.82, 2.24) is 9.73 Å². The molecule has 0 aliphatic carbocycles. The summed E-state index contributed by atoms with van der Waals surface area (Å²) < 4.78 is 37.9. The lowest BCUT2D eigenvalue weighted by molar-refractivity contribution is -0.121. The molecule has 0 saturated heterocycles. The van der Waals surface area contributed by atoms with Crippen LogP contribution in [0.15, 0.2) is 88.9 Å².